The summed E-state index contributed by atoms with van der Waals surface area (Å²) in [4.78, 5) is 6.67. The minimum atomic E-state index is -2.80. The molecule has 2 rings (SSSR count). The van der Waals surface area contributed by atoms with Crippen molar-refractivity contribution in [2.45, 2.75) is 45.4 Å². The zero-order chi connectivity index (χ0) is 18.1. The van der Waals surface area contributed by atoms with E-state index in [-0.39, 0.29) is 29.7 Å². The van der Waals surface area contributed by atoms with E-state index in [9.17, 15) is 8.78 Å². The molecule has 1 saturated heterocycles. The number of halogens is 3. The number of aliphatic imine (C=N–C) groups is 1. The maximum atomic E-state index is 12.2. The lowest BCUT2D eigenvalue weighted by Crippen LogP contribution is -2.38. The van der Waals surface area contributed by atoms with Gasteiger partial charge in [-0.2, -0.15) is 8.78 Å². The van der Waals surface area contributed by atoms with Crippen LogP contribution < -0.4 is 10.1 Å². The number of nitrogens with zero attached hydrogens (tertiary/aromatic N) is 2. The fourth-order valence-electron chi connectivity index (χ4n) is 2.78. The monoisotopic (exact) mass is 483 g/mol. The molecule has 0 spiro atoms. The topological polar surface area (TPSA) is 46.1 Å². The summed E-state index contributed by atoms with van der Waals surface area (Å²) in [5.41, 5.74) is 0.994. The molecule has 1 fully saturated rings. The van der Waals surface area contributed by atoms with Crippen molar-refractivity contribution >= 4 is 29.9 Å². The molecule has 0 radical (unpaired) electrons. The van der Waals surface area contributed by atoms with E-state index < -0.39 is 6.61 Å². The second-order valence-corrected chi connectivity index (χ2v) is 6.04. The van der Waals surface area contributed by atoms with Crippen LogP contribution in [0.4, 0.5) is 8.78 Å². The van der Waals surface area contributed by atoms with Gasteiger partial charge in [0.05, 0.1) is 6.10 Å². The van der Waals surface area contributed by atoms with Crippen LogP contribution in [-0.4, -0.2) is 50.3 Å². The molecule has 1 atom stereocenters. The maximum Gasteiger partial charge on any atom is 0.387 e. The van der Waals surface area contributed by atoms with Crippen LogP contribution >= 0.6 is 24.0 Å². The first kappa shape index (κ1) is 22.9. The highest BCUT2D eigenvalue weighted by Gasteiger charge is 2.15. The lowest BCUT2D eigenvalue weighted by Gasteiger charge is -2.22. The van der Waals surface area contributed by atoms with E-state index in [4.69, 9.17) is 4.74 Å². The molecule has 148 valence electrons. The van der Waals surface area contributed by atoms with Crippen molar-refractivity contribution in [3.63, 3.8) is 0 Å². The smallest absolute Gasteiger partial charge is 0.387 e. The largest absolute Gasteiger partial charge is 0.435 e. The molecule has 0 aliphatic carbocycles. The molecule has 1 N–H and O–H groups in total. The third-order valence-corrected chi connectivity index (χ3v) is 4.00. The van der Waals surface area contributed by atoms with Gasteiger partial charge in [0.25, 0.3) is 0 Å². The summed E-state index contributed by atoms with van der Waals surface area (Å²) >= 11 is 0. The number of guanidine groups is 1. The van der Waals surface area contributed by atoms with E-state index in [1.54, 1.807) is 24.3 Å². The molecule has 1 aliphatic heterocycles. The van der Waals surface area contributed by atoms with Crippen molar-refractivity contribution in [2.75, 3.05) is 26.7 Å². The van der Waals surface area contributed by atoms with Crippen LogP contribution in [0.15, 0.2) is 29.3 Å². The third kappa shape index (κ3) is 8.03. The molecule has 8 heteroatoms. The lowest BCUT2D eigenvalue weighted by molar-refractivity contribution is -0.0498. The molecule has 0 aromatic heterocycles. The number of alkyl halides is 2. The SMILES string of the molecule is CCNC(=NCCC1CCCO1)N(C)Cc1ccc(OC(F)F)cc1.I. The summed E-state index contributed by atoms with van der Waals surface area (Å²) in [6, 6.07) is 6.67. The molecular formula is C18H28F2IN3O2. The Labute approximate surface area is 171 Å². The zero-order valence-corrected chi connectivity index (χ0v) is 17.6. The van der Waals surface area contributed by atoms with Crippen molar-refractivity contribution < 1.29 is 18.3 Å². The van der Waals surface area contributed by atoms with E-state index in [2.05, 4.69) is 15.0 Å². The second-order valence-electron chi connectivity index (χ2n) is 6.04. The highest BCUT2D eigenvalue weighted by atomic mass is 127. The number of nitrogens with one attached hydrogen (secondary N) is 1. The Morgan fingerprint density at radius 1 is 1.38 bits per heavy atom. The van der Waals surface area contributed by atoms with Gasteiger partial charge in [-0.1, -0.05) is 12.1 Å². The summed E-state index contributed by atoms with van der Waals surface area (Å²) in [6.07, 6.45) is 3.52. The van der Waals surface area contributed by atoms with E-state index in [1.807, 2.05) is 18.9 Å². The van der Waals surface area contributed by atoms with E-state index >= 15 is 0 Å². The summed E-state index contributed by atoms with van der Waals surface area (Å²) in [6.45, 7) is 2.22. The van der Waals surface area contributed by atoms with Crippen molar-refractivity contribution in [2.24, 2.45) is 4.99 Å². The first-order valence-electron chi connectivity index (χ1n) is 8.73. The fourth-order valence-corrected chi connectivity index (χ4v) is 2.78. The lowest BCUT2D eigenvalue weighted by atomic mass is 10.2. The molecule has 1 aromatic rings. The number of hydrogen-bond donors (Lipinski definition) is 1. The summed E-state index contributed by atoms with van der Waals surface area (Å²) in [5, 5.41) is 3.28. The molecule has 1 unspecified atom stereocenters. The van der Waals surface area contributed by atoms with Gasteiger partial charge >= 0.3 is 6.61 Å². The van der Waals surface area contributed by atoms with Crippen LogP contribution in [-0.2, 0) is 11.3 Å². The fraction of sp³-hybridized carbons (Fsp3) is 0.611. The Bertz CT molecular complexity index is 538. The van der Waals surface area contributed by atoms with Gasteiger partial charge < -0.3 is 19.7 Å². The Morgan fingerprint density at radius 3 is 2.69 bits per heavy atom. The number of hydrogen-bond acceptors (Lipinski definition) is 3. The Kier molecular flexibility index (Phi) is 10.8. The predicted molar refractivity (Wildman–Crippen MR) is 110 cm³/mol. The minimum Gasteiger partial charge on any atom is -0.435 e. The Balaban J connectivity index is 0.00000338. The molecule has 1 heterocycles. The quantitative estimate of drug-likeness (QED) is 0.347. The van der Waals surface area contributed by atoms with Crippen LogP contribution in [0.5, 0.6) is 5.75 Å². The van der Waals surface area contributed by atoms with Crippen LogP contribution in [0.3, 0.4) is 0 Å². The average Bonchev–Trinajstić information content (AvgIpc) is 3.09. The van der Waals surface area contributed by atoms with Gasteiger partial charge in [0, 0.05) is 33.3 Å². The highest BCUT2D eigenvalue weighted by molar-refractivity contribution is 14.0. The zero-order valence-electron chi connectivity index (χ0n) is 15.3. The van der Waals surface area contributed by atoms with Gasteiger partial charge in [0.15, 0.2) is 5.96 Å². The average molecular weight is 483 g/mol. The summed E-state index contributed by atoms with van der Waals surface area (Å²) in [5.74, 6) is 0.993. The molecular weight excluding hydrogens is 455 g/mol. The van der Waals surface area contributed by atoms with E-state index in [1.165, 1.54) is 0 Å². The Morgan fingerprint density at radius 2 is 2.12 bits per heavy atom. The standard InChI is InChI=1S/C18H27F2N3O2.HI/c1-3-21-18(22-11-10-15-5-4-12-24-15)23(2)13-14-6-8-16(9-7-14)25-17(19)20;/h6-9,15,17H,3-5,10-13H2,1-2H3,(H,21,22);1H. The molecule has 1 aliphatic rings. The van der Waals surface area contributed by atoms with Crippen LogP contribution in [0.1, 0.15) is 31.7 Å². The normalized spacial score (nSPS) is 17.1. The first-order valence-corrected chi connectivity index (χ1v) is 8.73. The van der Waals surface area contributed by atoms with Crippen LogP contribution in [0.25, 0.3) is 0 Å². The van der Waals surface area contributed by atoms with Crippen molar-refractivity contribution in [1.82, 2.24) is 10.2 Å². The van der Waals surface area contributed by atoms with E-state index in [0.29, 0.717) is 12.6 Å². The Hall–Kier alpha value is -1.16. The second kappa shape index (κ2) is 12.3. The van der Waals surface area contributed by atoms with Crippen LogP contribution in [0, 0.1) is 0 Å². The van der Waals surface area contributed by atoms with Gasteiger partial charge in [-0.3, -0.25) is 4.99 Å². The first-order chi connectivity index (χ1) is 12.1. The van der Waals surface area contributed by atoms with Crippen molar-refractivity contribution in [3.05, 3.63) is 29.8 Å². The van der Waals surface area contributed by atoms with Gasteiger partial charge in [-0.15, -0.1) is 24.0 Å². The predicted octanol–water partition coefficient (Wildman–Crippen LogP) is 3.87. The minimum absolute atomic E-state index is 0. The molecule has 0 saturated carbocycles. The van der Waals surface area contributed by atoms with Crippen LogP contribution in [0.2, 0.25) is 0 Å². The molecule has 5 nitrogen and oxygen atoms in total. The number of rotatable bonds is 8. The number of benzene rings is 1. The summed E-state index contributed by atoms with van der Waals surface area (Å²) < 4.78 is 34.4. The van der Waals surface area contributed by atoms with Gasteiger partial charge in [0.2, 0.25) is 0 Å². The highest BCUT2D eigenvalue weighted by Crippen LogP contribution is 2.16. The molecule has 0 amide bonds. The molecule has 1 aromatic carbocycles. The van der Waals surface area contributed by atoms with E-state index in [0.717, 1.165) is 50.5 Å². The van der Waals surface area contributed by atoms with Gasteiger partial charge in [-0.25, -0.2) is 0 Å². The molecule has 0 bridgehead atoms. The van der Waals surface area contributed by atoms with Gasteiger partial charge in [0.1, 0.15) is 5.75 Å². The van der Waals surface area contributed by atoms with Crippen molar-refractivity contribution in [3.8, 4) is 5.75 Å². The molecule has 26 heavy (non-hydrogen) atoms. The maximum absolute atomic E-state index is 12.2. The number of ether oxygens (including phenoxy) is 2. The third-order valence-electron chi connectivity index (χ3n) is 4.00. The van der Waals surface area contributed by atoms with Gasteiger partial charge in [-0.05, 0) is 43.9 Å². The summed E-state index contributed by atoms with van der Waals surface area (Å²) in [7, 11) is 1.96. The van der Waals surface area contributed by atoms with Crippen molar-refractivity contribution in [1.29, 1.82) is 0 Å².